The first-order valence-corrected chi connectivity index (χ1v) is 8.57. The summed E-state index contributed by atoms with van der Waals surface area (Å²) in [6.07, 6.45) is 1.16. The Hall–Kier alpha value is -2.90. The molecule has 0 unspecified atom stereocenters. The van der Waals surface area contributed by atoms with Crippen molar-refractivity contribution in [2.24, 2.45) is 0 Å². The number of esters is 1. The Morgan fingerprint density at radius 3 is 2.26 bits per heavy atom. The van der Waals surface area contributed by atoms with Crippen LogP contribution in [0, 0.1) is 0 Å². The van der Waals surface area contributed by atoms with Crippen molar-refractivity contribution in [2.75, 3.05) is 28.4 Å². The van der Waals surface area contributed by atoms with Gasteiger partial charge in [0, 0.05) is 11.5 Å². The Kier molecular flexibility index (Phi) is 6.20. The van der Waals surface area contributed by atoms with Gasteiger partial charge in [0.1, 0.15) is 17.0 Å². The van der Waals surface area contributed by atoms with E-state index < -0.39 is 17.4 Å². The summed E-state index contributed by atoms with van der Waals surface area (Å²) in [5, 5.41) is 3.43. The molecule has 8 nitrogen and oxygen atoms in total. The van der Waals surface area contributed by atoms with Gasteiger partial charge in [0.15, 0.2) is 11.5 Å². The number of ether oxygens (including phenoxy) is 4. The molecule has 1 atom stereocenters. The Morgan fingerprint density at radius 1 is 1.07 bits per heavy atom. The standard InChI is InChI=1S/C19H26N2O6/c1-7-8-19(2,18(23)27-6)21-17(22)12-9-11-13(24-3)10-14(25-4)16(26-5)15(11)20-12/h9-10,20H,7-8H2,1-6H3,(H,21,22)/t19-/m0/s1. The molecule has 0 aliphatic heterocycles. The number of fused-ring (bicyclic) bond motifs is 1. The number of nitrogens with one attached hydrogen (secondary N) is 2. The first-order valence-electron chi connectivity index (χ1n) is 8.57. The number of H-pyrrole nitrogens is 1. The van der Waals surface area contributed by atoms with Crippen LogP contribution >= 0.6 is 0 Å². The van der Waals surface area contributed by atoms with Crippen molar-refractivity contribution < 1.29 is 28.5 Å². The highest BCUT2D eigenvalue weighted by atomic mass is 16.5. The number of amides is 1. The van der Waals surface area contributed by atoms with Crippen molar-refractivity contribution in [1.82, 2.24) is 10.3 Å². The molecule has 0 aliphatic carbocycles. The van der Waals surface area contributed by atoms with Gasteiger partial charge in [0.2, 0.25) is 0 Å². The van der Waals surface area contributed by atoms with E-state index in [1.807, 2.05) is 6.92 Å². The summed E-state index contributed by atoms with van der Waals surface area (Å²) < 4.78 is 21.0. The average Bonchev–Trinajstić information content (AvgIpc) is 3.11. The summed E-state index contributed by atoms with van der Waals surface area (Å²) in [5.74, 6) is 0.529. The second-order valence-electron chi connectivity index (χ2n) is 6.31. The van der Waals surface area contributed by atoms with Gasteiger partial charge >= 0.3 is 5.97 Å². The lowest BCUT2D eigenvalue weighted by Crippen LogP contribution is -2.52. The van der Waals surface area contributed by atoms with Crippen LogP contribution < -0.4 is 19.5 Å². The normalized spacial score (nSPS) is 13.0. The summed E-state index contributed by atoms with van der Waals surface area (Å²) in [5.41, 5.74) is -0.292. The van der Waals surface area contributed by atoms with Gasteiger partial charge in [-0.15, -0.1) is 0 Å². The molecule has 1 aromatic carbocycles. The predicted octanol–water partition coefficient (Wildman–Crippen LogP) is 2.66. The molecule has 1 amide bonds. The molecule has 0 spiro atoms. The number of hydrogen-bond donors (Lipinski definition) is 2. The van der Waals surface area contributed by atoms with E-state index in [2.05, 4.69) is 10.3 Å². The number of aromatic nitrogens is 1. The largest absolute Gasteiger partial charge is 0.496 e. The molecule has 0 saturated heterocycles. The third kappa shape index (κ3) is 3.79. The van der Waals surface area contributed by atoms with Gasteiger partial charge in [-0.2, -0.15) is 0 Å². The zero-order valence-corrected chi connectivity index (χ0v) is 16.5. The molecule has 0 fully saturated rings. The summed E-state index contributed by atoms with van der Waals surface area (Å²) in [6.45, 7) is 3.57. The van der Waals surface area contributed by atoms with Crippen LogP contribution in [0.25, 0.3) is 10.9 Å². The minimum absolute atomic E-state index is 0.265. The van der Waals surface area contributed by atoms with E-state index in [9.17, 15) is 9.59 Å². The second kappa shape index (κ2) is 8.20. The number of carbonyl (C=O) groups is 2. The predicted molar refractivity (Wildman–Crippen MR) is 101 cm³/mol. The third-order valence-electron chi connectivity index (χ3n) is 4.46. The van der Waals surface area contributed by atoms with Crippen molar-refractivity contribution in [3.05, 3.63) is 17.8 Å². The number of carbonyl (C=O) groups excluding carboxylic acids is 2. The average molecular weight is 378 g/mol. The lowest BCUT2D eigenvalue weighted by molar-refractivity contribution is -0.147. The SMILES string of the molecule is CCC[C@](C)(NC(=O)c1cc2c(OC)cc(OC)c(OC)c2[nH]1)C(=O)OC. The molecule has 0 aliphatic rings. The van der Waals surface area contributed by atoms with E-state index in [0.717, 1.165) is 0 Å². The van der Waals surface area contributed by atoms with Crippen LogP contribution in [-0.2, 0) is 9.53 Å². The summed E-state index contributed by atoms with van der Waals surface area (Å²) in [6, 6.07) is 3.33. The molecule has 1 heterocycles. The van der Waals surface area contributed by atoms with Gasteiger partial charge in [-0.1, -0.05) is 13.3 Å². The van der Waals surface area contributed by atoms with Crippen molar-refractivity contribution in [3.63, 3.8) is 0 Å². The van der Waals surface area contributed by atoms with Crippen molar-refractivity contribution in [1.29, 1.82) is 0 Å². The highest BCUT2D eigenvalue weighted by Crippen LogP contribution is 2.41. The number of benzene rings is 1. The molecule has 1 aromatic heterocycles. The molecule has 148 valence electrons. The number of rotatable bonds is 8. The topological polar surface area (TPSA) is 98.9 Å². The zero-order valence-electron chi connectivity index (χ0n) is 16.5. The van der Waals surface area contributed by atoms with Gasteiger partial charge in [0.05, 0.1) is 34.0 Å². The van der Waals surface area contributed by atoms with E-state index in [1.165, 1.54) is 28.4 Å². The maximum atomic E-state index is 12.8. The smallest absolute Gasteiger partial charge is 0.331 e. The Morgan fingerprint density at radius 2 is 1.74 bits per heavy atom. The van der Waals surface area contributed by atoms with Crippen LogP contribution in [-0.4, -0.2) is 50.8 Å². The summed E-state index contributed by atoms with van der Waals surface area (Å²) >= 11 is 0. The van der Waals surface area contributed by atoms with E-state index >= 15 is 0 Å². The minimum atomic E-state index is -1.12. The van der Waals surface area contributed by atoms with Gasteiger partial charge in [-0.25, -0.2) is 4.79 Å². The van der Waals surface area contributed by atoms with Gasteiger partial charge in [-0.05, 0) is 19.4 Å². The summed E-state index contributed by atoms with van der Waals surface area (Å²) in [4.78, 5) is 28.0. The first kappa shape index (κ1) is 20.4. The minimum Gasteiger partial charge on any atom is -0.496 e. The quantitative estimate of drug-likeness (QED) is 0.685. The van der Waals surface area contributed by atoms with Crippen LogP contribution in [0.3, 0.4) is 0 Å². The maximum absolute atomic E-state index is 12.8. The van der Waals surface area contributed by atoms with E-state index in [4.69, 9.17) is 18.9 Å². The van der Waals surface area contributed by atoms with Crippen LogP contribution in [0.4, 0.5) is 0 Å². The second-order valence-corrected chi connectivity index (χ2v) is 6.31. The molecule has 27 heavy (non-hydrogen) atoms. The monoisotopic (exact) mass is 378 g/mol. The number of hydrogen-bond acceptors (Lipinski definition) is 6. The lowest BCUT2D eigenvalue weighted by Gasteiger charge is -2.27. The Balaban J connectivity index is 2.49. The van der Waals surface area contributed by atoms with Gasteiger partial charge in [-0.3, -0.25) is 4.79 Å². The number of aromatic amines is 1. The number of methoxy groups -OCH3 is 4. The van der Waals surface area contributed by atoms with Crippen LogP contribution in [0.5, 0.6) is 17.2 Å². The Bertz CT molecular complexity index is 844. The van der Waals surface area contributed by atoms with Crippen molar-refractivity contribution in [3.8, 4) is 17.2 Å². The van der Waals surface area contributed by atoms with E-state index in [-0.39, 0.29) is 5.69 Å². The fraction of sp³-hybridized carbons (Fsp3) is 0.474. The van der Waals surface area contributed by atoms with Gasteiger partial charge < -0.3 is 29.2 Å². The maximum Gasteiger partial charge on any atom is 0.331 e. The van der Waals surface area contributed by atoms with Crippen LogP contribution in [0.1, 0.15) is 37.2 Å². The Labute approximate surface area is 158 Å². The molecule has 2 N–H and O–H groups in total. The highest BCUT2D eigenvalue weighted by Gasteiger charge is 2.36. The highest BCUT2D eigenvalue weighted by molar-refractivity contribution is 6.03. The van der Waals surface area contributed by atoms with Crippen LogP contribution in [0.15, 0.2) is 12.1 Å². The van der Waals surface area contributed by atoms with E-state index in [1.54, 1.807) is 19.1 Å². The van der Waals surface area contributed by atoms with Crippen molar-refractivity contribution >= 4 is 22.8 Å². The molecule has 2 rings (SSSR count). The first-order chi connectivity index (χ1) is 12.8. The lowest BCUT2D eigenvalue weighted by atomic mass is 9.96. The third-order valence-corrected chi connectivity index (χ3v) is 4.46. The fourth-order valence-corrected chi connectivity index (χ4v) is 3.12. The zero-order chi connectivity index (χ0) is 20.2. The van der Waals surface area contributed by atoms with E-state index in [0.29, 0.717) is 41.0 Å². The molecule has 0 bridgehead atoms. The van der Waals surface area contributed by atoms with Gasteiger partial charge in [0.25, 0.3) is 5.91 Å². The molecule has 2 aromatic rings. The molecule has 8 heteroatoms. The molecular weight excluding hydrogens is 352 g/mol. The molecular formula is C19H26N2O6. The van der Waals surface area contributed by atoms with Crippen LogP contribution in [0.2, 0.25) is 0 Å². The summed E-state index contributed by atoms with van der Waals surface area (Å²) in [7, 11) is 5.86. The fourth-order valence-electron chi connectivity index (χ4n) is 3.12. The molecule has 0 radical (unpaired) electrons. The van der Waals surface area contributed by atoms with Crippen molar-refractivity contribution in [2.45, 2.75) is 32.2 Å². The molecule has 0 saturated carbocycles.